The summed E-state index contributed by atoms with van der Waals surface area (Å²) in [5.74, 6) is -0.242. The van der Waals surface area contributed by atoms with E-state index in [1.54, 1.807) is 14.5 Å². The summed E-state index contributed by atoms with van der Waals surface area (Å²) in [5, 5.41) is 13.8. The fourth-order valence-electron chi connectivity index (χ4n) is 6.43. The summed E-state index contributed by atoms with van der Waals surface area (Å²) in [6.45, 7) is 9.41. The maximum Gasteiger partial charge on any atom is 0.356 e. The lowest BCUT2D eigenvalue weighted by atomic mass is 9.72. The number of hydrogen-bond donors (Lipinski definition) is 1. The summed E-state index contributed by atoms with van der Waals surface area (Å²) in [4.78, 5) is 50.7. The molecule has 39 heavy (non-hydrogen) atoms. The molecule has 3 heterocycles. The highest BCUT2D eigenvalue weighted by atomic mass is 28.3. The third-order valence-electron chi connectivity index (χ3n) is 9.16. The number of carbonyl (C=O) groups excluding carboxylic acids is 3. The summed E-state index contributed by atoms with van der Waals surface area (Å²) in [7, 11) is 2.52. The van der Waals surface area contributed by atoms with Gasteiger partial charge < -0.3 is 19.6 Å². The van der Waals surface area contributed by atoms with Crippen LogP contribution >= 0.6 is 0 Å². The van der Waals surface area contributed by atoms with Crippen molar-refractivity contribution in [1.82, 2.24) is 19.6 Å². The number of aromatic carboxylic acids is 1. The Bertz CT molecular complexity index is 1130. The second-order valence-electron chi connectivity index (χ2n) is 13.2. The molecule has 0 aromatic carbocycles. The largest absolute Gasteiger partial charge is 0.476 e. The van der Waals surface area contributed by atoms with Gasteiger partial charge in [-0.2, -0.15) is 5.10 Å². The molecular weight excluding hydrogens is 516 g/mol. The maximum atomic E-state index is 12.7. The molecule has 2 aliphatic carbocycles. The molecule has 2 aliphatic heterocycles. The highest BCUT2D eigenvalue weighted by molar-refractivity contribution is 6.76. The molecule has 2 amide bonds. The maximum absolute atomic E-state index is 12.7. The molecule has 1 unspecified atom stereocenters. The molecule has 0 radical (unpaired) electrons. The number of rotatable bonds is 6. The van der Waals surface area contributed by atoms with Crippen LogP contribution in [0.15, 0.2) is 0 Å². The third-order valence-corrected chi connectivity index (χ3v) is 10.9. The van der Waals surface area contributed by atoms with E-state index in [1.165, 1.54) is 0 Å². The molecule has 216 valence electrons. The Balaban J connectivity index is 0.000000226. The number of carboxylic acid groups (broad SMARTS) is 1. The Morgan fingerprint density at radius 3 is 2.00 bits per heavy atom. The minimum absolute atomic E-state index is 0.113. The first-order valence-electron chi connectivity index (χ1n) is 14.2. The lowest BCUT2D eigenvalue weighted by molar-refractivity contribution is -0.138. The van der Waals surface area contributed by atoms with E-state index in [2.05, 4.69) is 24.7 Å². The molecule has 1 saturated carbocycles. The van der Waals surface area contributed by atoms with E-state index in [4.69, 9.17) is 4.74 Å². The zero-order valence-electron chi connectivity index (χ0n) is 24.2. The van der Waals surface area contributed by atoms with E-state index in [0.29, 0.717) is 44.5 Å². The van der Waals surface area contributed by atoms with Crippen molar-refractivity contribution in [2.45, 2.75) is 90.2 Å². The van der Waals surface area contributed by atoms with Crippen LogP contribution in [-0.2, 0) is 38.7 Å². The summed E-state index contributed by atoms with van der Waals surface area (Å²) in [6.07, 6.45) is 6.42. The summed E-state index contributed by atoms with van der Waals surface area (Å²) in [6, 6.07) is 1.05. The summed E-state index contributed by atoms with van der Waals surface area (Å²) in [5.41, 5.74) is 1.21. The minimum atomic E-state index is -1.18. The van der Waals surface area contributed by atoms with Crippen molar-refractivity contribution in [2.24, 2.45) is 10.8 Å². The van der Waals surface area contributed by atoms with Crippen molar-refractivity contribution >= 4 is 31.6 Å². The normalized spacial score (nSPS) is 24.4. The standard InChI is InChI=1S/C18H29N3O4Si.C10H15NO2/c1-20-8-7-18(17(20)24)6-5-13-14(11-18)21(19-15(13)16(22)23)12-25-9-10-26(2,3)4;1-11-7-6-10(9(11)13)4-2-8(12)3-5-10/h5-12H2,1-4H3,(H,22,23);2-7H2,1H3. The molecule has 1 atom stereocenters. The Morgan fingerprint density at radius 2 is 1.49 bits per heavy atom. The highest BCUT2D eigenvalue weighted by Crippen LogP contribution is 2.44. The molecule has 5 rings (SSSR count). The van der Waals surface area contributed by atoms with Crippen molar-refractivity contribution in [3.05, 3.63) is 17.0 Å². The number of carboxylic acids is 1. The van der Waals surface area contributed by atoms with Crippen LogP contribution in [0, 0.1) is 10.8 Å². The van der Waals surface area contributed by atoms with Gasteiger partial charge in [0.05, 0.1) is 10.8 Å². The van der Waals surface area contributed by atoms with Crippen LogP contribution in [0.4, 0.5) is 0 Å². The number of aromatic nitrogens is 2. The van der Waals surface area contributed by atoms with Crippen LogP contribution in [0.5, 0.6) is 0 Å². The Hall–Kier alpha value is -2.53. The van der Waals surface area contributed by atoms with Crippen LogP contribution in [-0.4, -0.2) is 90.1 Å². The number of Topliss-reactive ketones (excluding diaryl/α,β-unsaturated/α-hetero) is 1. The summed E-state index contributed by atoms with van der Waals surface area (Å²) < 4.78 is 7.48. The first-order valence-corrected chi connectivity index (χ1v) is 17.9. The molecule has 2 saturated heterocycles. The lowest BCUT2D eigenvalue weighted by Crippen LogP contribution is -2.38. The molecule has 11 heteroatoms. The third kappa shape index (κ3) is 6.14. The molecule has 4 aliphatic rings. The number of amides is 2. The second-order valence-corrected chi connectivity index (χ2v) is 18.8. The SMILES string of the molecule is CN1CCC2(CCC(=O)CC2)C1=O.CN1CCC2(CCc3c(C(=O)O)nn(COCC[Si](C)(C)C)c3C2)C1=O. The predicted octanol–water partition coefficient (Wildman–Crippen LogP) is 3.21. The first-order chi connectivity index (χ1) is 18.3. The quantitative estimate of drug-likeness (QED) is 0.419. The Morgan fingerprint density at radius 1 is 0.923 bits per heavy atom. The zero-order valence-corrected chi connectivity index (χ0v) is 25.2. The van der Waals surface area contributed by atoms with Gasteiger partial charge in [-0.15, -0.1) is 0 Å². The van der Waals surface area contributed by atoms with Gasteiger partial charge in [0.15, 0.2) is 5.69 Å². The van der Waals surface area contributed by atoms with Gasteiger partial charge in [-0.25, -0.2) is 9.48 Å². The van der Waals surface area contributed by atoms with E-state index in [1.807, 2.05) is 14.1 Å². The predicted molar refractivity (Wildman–Crippen MR) is 148 cm³/mol. The fraction of sp³-hybridized carbons (Fsp3) is 0.750. The van der Waals surface area contributed by atoms with Crippen LogP contribution in [0.25, 0.3) is 0 Å². The average molecular weight is 561 g/mol. The van der Waals surface area contributed by atoms with E-state index in [-0.39, 0.29) is 29.7 Å². The number of likely N-dealkylation sites (tertiary alicyclic amines) is 2. The van der Waals surface area contributed by atoms with Gasteiger partial charge in [-0.3, -0.25) is 14.4 Å². The molecule has 1 aromatic rings. The first kappa shape index (κ1) is 29.4. The molecule has 1 aromatic heterocycles. The number of fused-ring (bicyclic) bond motifs is 1. The zero-order chi connectivity index (χ0) is 28.6. The van der Waals surface area contributed by atoms with E-state index < -0.39 is 19.5 Å². The van der Waals surface area contributed by atoms with Crippen LogP contribution in [0.3, 0.4) is 0 Å². The number of nitrogens with zero attached hydrogens (tertiary/aromatic N) is 4. The Kier molecular flexibility index (Phi) is 8.42. The van der Waals surface area contributed by atoms with Crippen molar-refractivity contribution in [3.8, 4) is 0 Å². The summed E-state index contributed by atoms with van der Waals surface area (Å²) >= 11 is 0. The van der Waals surface area contributed by atoms with Gasteiger partial charge in [0, 0.05) is 72.4 Å². The lowest BCUT2D eigenvalue weighted by Gasteiger charge is -2.31. The molecule has 10 nitrogen and oxygen atoms in total. The van der Waals surface area contributed by atoms with Crippen LogP contribution < -0.4 is 0 Å². The van der Waals surface area contributed by atoms with E-state index >= 15 is 0 Å². The number of ether oxygens (including phenoxy) is 1. The number of hydrogen-bond acceptors (Lipinski definition) is 6. The van der Waals surface area contributed by atoms with Gasteiger partial charge >= 0.3 is 5.97 Å². The average Bonchev–Trinajstić information content (AvgIpc) is 3.48. The van der Waals surface area contributed by atoms with Crippen molar-refractivity contribution in [2.75, 3.05) is 33.8 Å². The minimum Gasteiger partial charge on any atom is -0.476 e. The van der Waals surface area contributed by atoms with Gasteiger partial charge in [0.25, 0.3) is 0 Å². The van der Waals surface area contributed by atoms with Crippen molar-refractivity contribution in [1.29, 1.82) is 0 Å². The van der Waals surface area contributed by atoms with Crippen LogP contribution in [0.2, 0.25) is 25.7 Å². The Labute approximate surface area is 232 Å². The topological polar surface area (TPSA) is 122 Å². The smallest absolute Gasteiger partial charge is 0.356 e. The molecule has 1 N–H and O–H groups in total. The van der Waals surface area contributed by atoms with Crippen LogP contribution in [0.1, 0.15) is 66.7 Å². The van der Waals surface area contributed by atoms with Crippen molar-refractivity contribution in [3.63, 3.8) is 0 Å². The van der Waals surface area contributed by atoms with Gasteiger partial charge in [0.2, 0.25) is 11.8 Å². The van der Waals surface area contributed by atoms with Crippen molar-refractivity contribution < 1.29 is 29.0 Å². The molecule has 2 spiro atoms. The highest BCUT2D eigenvalue weighted by Gasteiger charge is 2.49. The van der Waals surface area contributed by atoms with E-state index in [9.17, 15) is 24.3 Å². The monoisotopic (exact) mass is 560 g/mol. The molecule has 3 fully saturated rings. The molecule has 0 bridgehead atoms. The van der Waals surface area contributed by atoms with Gasteiger partial charge in [-0.05, 0) is 44.6 Å². The second kappa shape index (κ2) is 11.2. The van der Waals surface area contributed by atoms with Gasteiger partial charge in [0.1, 0.15) is 12.5 Å². The fourth-order valence-corrected chi connectivity index (χ4v) is 7.19. The molecular formula is C28H44N4O6Si. The number of carbonyl (C=O) groups is 4. The van der Waals surface area contributed by atoms with Gasteiger partial charge in [-0.1, -0.05) is 19.6 Å². The number of ketones is 1. The van der Waals surface area contributed by atoms with E-state index in [0.717, 1.165) is 56.1 Å².